The molecule has 0 fully saturated rings. The Balaban J connectivity index is 1.47. The average molecular weight is 397 g/mol. The summed E-state index contributed by atoms with van der Waals surface area (Å²) in [5.41, 5.74) is 4.81. The molecular formula is C22H32N6O. The van der Waals surface area contributed by atoms with E-state index in [2.05, 4.69) is 51.9 Å². The van der Waals surface area contributed by atoms with Gasteiger partial charge in [-0.25, -0.2) is 4.99 Å². The molecular weight excluding hydrogens is 364 g/mol. The summed E-state index contributed by atoms with van der Waals surface area (Å²) < 4.78 is 2.03. The standard InChI is InChI=1S/C22H32N6O/c1-4-23-22(24-11-7-12-28-18(3)14-17(2)26-28)25-15-21(29)27-13-10-19-8-5-6-9-20(19)16-27/h5-6,8-9,14H,4,7,10-13,15-16H2,1-3H3,(H2,23,24,25). The van der Waals surface area contributed by atoms with Crippen LogP contribution in [0.15, 0.2) is 35.3 Å². The maximum absolute atomic E-state index is 12.6. The molecule has 2 N–H and O–H groups in total. The van der Waals surface area contributed by atoms with Gasteiger partial charge >= 0.3 is 0 Å². The average Bonchev–Trinajstić information content (AvgIpc) is 3.05. The molecule has 1 aromatic carbocycles. The third kappa shape index (κ3) is 5.82. The van der Waals surface area contributed by atoms with Crippen molar-refractivity contribution in [1.29, 1.82) is 0 Å². The molecule has 1 aliphatic rings. The monoisotopic (exact) mass is 396 g/mol. The van der Waals surface area contributed by atoms with Gasteiger partial charge in [0.25, 0.3) is 0 Å². The molecule has 0 radical (unpaired) electrons. The van der Waals surface area contributed by atoms with E-state index in [1.54, 1.807) is 0 Å². The number of carbonyl (C=O) groups is 1. The number of nitrogens with zero attached hydrogens (tertiary/aromatic N) is 4. The van der Waals surface area contributed by atoms with Crippen LogP contribution in [0.4, 0.5) is 0 Å². The number of guanidine groups is 1. The molecule has 3 rings (SSSR count). The van der Waals surface area contributed by atoms with Crippen LogP contribution in [0.25, 0.3) is 0 Å². The van der Waals surface area contributed by atoms with Crippen LogP contribution >= 0.6 is 0 Å². The van der Waals surface area contributed by atoms with Crippen molar-refractivity contribution in [1.82, 2.24) is 25.3 Å². The lowest BCUT2D eigenvalue weighted by atomic mass is 10.00. The van der Waals surface area contributed by atoms with E-state index in [0.717, 1.165) is 44.7 Å². The fourth-order valence-electron chi connectivity index (χ4n) is 3.63. The van der Waals surface area contributed by atoms with Gasteiger partial charge in [0.1, 0.15) is 6.54 Å². The maximum atomic E-state index is 12.6. The highest BCUT2D eigenvalue weighted by Crippen LogP contribution is 2.18. The molecule has 0 unspecified atom stereocenters. The van der Waals surface area contributed by atoms with Crippen molar-refractivity contribution in [3.63, 3.8) is 0 Å². The van der Waals surface area contributed by atoms with Crippen LogP contribution in [0.5, 0.6) is 0 Å². The highest BCUT2D eigenvalue weighted by molar-refractivity contribution is 5.85. The summed E-state index contributed by atoms with van der Waals surface area (Å²) in [7, 11) is 0. The second-order valence-corrected chi connectivity index (χ2v) is 7.46. The number of carbonyl (C=O) groups excluding carboxylic acids is 1. The maximum Gasteiger partial charge on any atom is 0.244 e. The molecule has 7 nitrogen and oxygen atoms in total. The van der Waals surface area contributed by atoms with Gasteiger partial charge in [-0.1, -0.05) is 24.3 Å². The normalized spacial score (nSPS) is 13.9. The summed E-state index contributed by atoms with van der Waals surface area (Å²) >= 11 is 0. The van der Waals surface area contributed by atoms with Gasteiger partial charge in [0.15, 0.2) is 5.96 Å². The lowest BCUT2D eigenvalue weighted by Crippen LogP contribution is -2.41. The number of hydrogen-bond acceptors (Lipinski definition) is 3. The Labute approximate surface area is 173 Å². The van der Waals surface area contributed by atoms with E-state index in [-0.39, 0.29) is 12.5 Å². The van der Waals surface area contributed by atoms with Crippen molar-refractivity contribution in [2.75, 3.05) is 26.2 Å². The van der Waals surface area contributed by atoms with Crippen molar-refractivity contribution in [3.05, 3.63) is 52.8 Å². The minimum absolute atomic E-state index is 0.0688. The lowest BCUT2D eigenvalue weighted by molar-refractivity contribution is -0.130. The molecule has 0 saturated carbocycles. The van der Waals surface area contributed by atoms with Crippen molar-refractivity contribution < 1.29 is 4.79 Å². The highest BCUT2D eigenvalue weighted by Gasteiger charge is 2.19. The summed E-state index contributed by atoms with van der Waals surface area (Å²) in [5, 5.41) is 11.0. The summed E-state index contributed by atoms with van der Waals surface area (Å²) in [4.78, 5) is 19.0. The van der Waals surface area contributed by atoms with E-state index in [4.69, 9.17) is 0 Å². The Morgan fingerprint density at radius 3 is 2.72 bits per heavy atom. The molecule has 0 atom stereocenters. The number of nitrogens with one attached hydrogen (secondary N) is 2. The fourth-order valence-corrected chi connectivity index (χ4v) is 3.63. The van der Waals surface area contributed by atoms with Crippen LogP contribution in [-0.4, -0.2) is 52.7 Å². The number of rotatable bonds is 7. The number of aliphatic imine (C=N–C) groups is 1. The van der Waals surface area contributed by atoms with Crippen molar-refractivity contribution in [3.8, 4) is 0 Å². The van der Waals surface area contributed by atoms with Gasteiger partial charge in [0.05, 0.1) is 5.69 Å². The molecule has 1 aliphatic heterocycles. The third-order valence-electron chi connectivity index (χ3n) is 5.14. The molecule has 0 bridgehead atoms. The Morgan fingerprint density at radius 1 is 1.21 bits per heavy atom. The molecule has 29 heavy (non-hydrogen) atoms. The number of benzene rings is 1. The van der Waals surface area contributed by atoms with Crippen LogP contribution < -0.4 is 10.6 Å². The summed E-state index contributed by atoms with van der Waals surface area (Å²) in [6, 6.07) is 10.4. The van der Waals surface area contributed by atoms with Crippen LogP contribution in [0.3, 0.4) is 0 Å². The van der Waals surface area contributed by atoms with Crippen LogP contribution in [0.2, 0.25) is 0 Å². The molecule has 0 saturated heterocycles. The van der Waals surface area contributed by atoms with Crippen LogP contribution in [-0.2, 0) is 24.3 Å². The molecule has 2 heterocycles. The first-order chi connectivity index (χ1) is 14.1. The van der Waals surface area contributed by atoms with Gasteiger partial charge in [0, 0.05) is 38.4 Å². The first-order valence-corrected chi connectivity index (χ1v) is 10.4. The minimum atomic E-state index is 0.0688. The van der Waals surface area contributed by atoms with Crippen molar-refractivity contribution >= 4 is 11.9 Å². The summed E-state index contributed by atoms with van der Waals surface area (Å²) in [6.07, 6.45) is 1.85. The van der Waals surface area contributed by atoms with E-state index in [1.165, 1.54) is 16.8 Å². The number of aryl methyl sites for hydroxylation is 3. The first-order valence-electron chi connectivity index (χ1n) is 10.4. The zero-order chi connectivity index (χ0) is 20.6. The second-order valence-electron chi connectivity index (χ2n) is 7.46. The van der Waals surface area contributed by atoms with Gasteiger partial charge in [-0.15, -0.1) is 0 Å². The van der Waals surface area contributed by atoms with Gasteiger partial charge in [0.2, 0.25) is 5.91 Å². The van der Waals surface area contributed by atoms with Crippen LogP contribution in [0.1, 0.15) is 35.9 Å². The van der Waals surface area contributed by atoms with Gasteiger partial charge < -0.3 is 15.5 Å². The quantitative estimate of drug-likeness (QED) is 0.427. The van der Waals surface area contributed by atoms with E-state index < -0.39 is 0 Å². The highest BCUT2D eigenvalue weighted by atomic mass is 16.2. The van der Waals surface area contributed by atoms with Gasteiger partial charge in [-0.2, -0.15) is 5.10 Å². The Kier molecular flexibility index (Phi) is 7.27. The van der Waals surface area contributed by atoms with E-state index in [1.807, 2.05) is 29.5 Å². The van der Waals surface area contributed by atoms with E-state index in [9.17, 15) is 4.79 Å². The summed E-state index contributed by atoms with van der Waals surface area (Å²) in [6.45, 7) is 10.1. The molecule has 2 aromatic rings. The topological polar surface area (TPSA) is 74.6 Å². The predicted molar refractivity (Wildman–Crippen MR) is 116 cm³/mol. The first kappa shape index (κ1) is 20.9. The van der Waals surface area contributed by atoms with Gasteiger partial charge in [-0.3, -0.25) is 9.48 Å². The minimum Gasteiger partial charge on any atom is -0.357 e. The molecule has 0 aliphatic carbocycles. The molecule has 1 aromatic heterocycles. The zero-order valence-corrected chi connectivity index (χ0v) is 17.7. The number of hydrogen-bond donors (Lipinski definition) is 2. The molecule has 156 valence electrons. The summed E-state index contributed by atoms with van der Waals surface area (Å²) in [5.74, 6) is 0.756. The molecule has 0 spiro atoms. The SMILES string of the molecule is CCNC(=NCC(=O)N1CCc2ccccc2C1)NCCCn1nc(C)cc1C. The molecule has 1 amide bonds. The largest absolute Gasteiger partial charge is 0.357 e. The molecule has 7 heteroatoms. The van der Waals surface area contributed by atoms with Crippen molar-refractivity contribution in [2.24, 2.45) is 4.99 Å². The number of amides is 1. The van der Waals surface area contributed by atoms with Crippen LogP contribution in [0, 0.1) is 13.8 Å². The second kappa shape index (κ2) is 10.1. The van der Waals surface area contributed by atoms with Crippen molar-refractivity contribution in [2.45, 2.75) is 46.7 Å². The van der Waals surface area contributed by atoms with E-state index >= 15 is 0 Å². The number of aromatic nitrogens is 2. The fraction of sp³-hybridized carbons (Fsp3) is 0.500. The smallest absolute Gasteiger partial charge is 0.244 e. The third-order valence-corrected chi connectivity index (χ3v) is 5.14. The Hall–Kier alpha value is -2.83. The van der Waals surface area contributed by atoms with E-state index in [0.29, 0.717) is 12.5 Å². The Morgan fingerprint density at radius 2 is 2.00 bits per heavy atom. The Bertz CT molecular complexity index is 857. The lowest BCUT2D eigenvalue weighted by Gasteiger charge is -2.28. The zero-order valence-electron chi connectivity index (χ0n) is 17.7. The van der Waals surface area contributed by atoms with Gasteiger partial charge in [-0.05, 0) is 50.8 Å². The predicted octanol–water partition coefficient (Wildman–Crippen LogP) is 2.03. The number of fused-ring (bicyclic) bond motifs is 1.